The summed E-state index contributed by atoms with van der Waals surface area (Å²) in [5, 5.41) is 1.47. The van der Waals surface area contributed by atoms with Crippen LogP contribution in [0.4, 0.5) is 0 Å². The molecule has 1 unspecified atom stereocenters. The molecule has 3 rings (SSSR count). The van der Waals surface area contributed by atoms with Crippen molar-refractivity contribution in [3.8, 4) is 0 Å². The maximum Gasteiger partial charge on any atom is 0.331 e. The molecule has 0 N–H and O–H groups in total. The van der Waals surface area contributed by atoms with Gasteiger partial charge in [0.2, 0.25) is 0 Å². The van der Waals surface area contributed by atoms with Gasteiger partial charge in [-0.25, -0.2) is 4.79 Å². The molecule has 1 atom stereocenters. The molecule has 0 spiro atoms. The van der Waals surface area contributed by atoms with Gasteiger partial charge in [0.25, 0.3) is 0 Å². The van der Waals surface area contributed by atoms with Crippen LogP contribution in [0.15, 0.2) is 89.9 Å². The van der Waals surface area contributed by atoms with E-state index in [1.807, 2.05) is 81.4 Å². The number of carbonyl (C=O) groups is 1. The minimum Gasteiger partial charge on any atom is -0.458 e. The number of nitrogens with zero attached hydrogens (tertiary/aromatic N) is 1. The van der Waals surface area contributed by atoms with E-state index in [4.69, 9.17) is 9.73 Å². The third-order valence-corrected chi connectivity index (χ3v) is 14.8. The normalized spacial score (nSPS) is 13.0. The summed E-state index contributed by atoms with van der Waals surface area (Å²) in [6.45, 7) is 20.1. The average Bonchev–Trinajstić information content (AvgIpc) is 2.86. The highest BCUT2D eigenvalue weighted by Crippen LogP contribution is 2.41. The van der Waals surface area contributed by atoms with Gasteiger partial charge in [-0.2, -0.15) is 0 Å². The van der Waals surface area contributed by atoms with Crippen LogP contribution in [0.2, 0.25) is 16.6 Å². The van der Waals surface area contributed by atoms with Gasteiger partial charge in [-0.05, 0) is 43.0 Å². The van der Waals surface area contributed by atoms with E-state index in [0.29, 0.717) is 23.0 Å². The molecule has 0 aromatic heterocycles. The molecule has 0 saturated heterocycles. The number of benzene rings is 3. The maximum absolute atomic E-state index is 13.6. The fourth-order valence-electron chi connectivity index (χ4n) is 6.41. The second kappa shape index (κ2) is 12.9. The minimum atomic E-state index is -1.84. The Labute approximate surface area is 237 Å². The smallest absolute Gasteiger partial charge is 0.331 e. The summed E-state index contributed by atoms with van der Waals surface area (Å²) >= 11 is 0. The highest BCUT2D eigenvalue weighted by molar-refractivity contribution is 6.95. The molecule has 3 nitrogen and oxygen atoms in total. The van der Waals surface area contributed by atoms with E-state index in [2.05, 4.69) is 65.8 Å². The van der Waals surface area contributed by atoms with Gasteiger partial charge in [0.15, 0.2) is 6.04 Å². The Morgan fingerprint density at radius 3 is 1.67 bits per heavy atom. The molecule has 0 radical (unpaired) electrons. The zero-order valence-electron chi connectivity index (χ0n) is 25.4. The van der Waals surface area contributed by atoms with Gasteiger partial charge in [-0.1, -0.05) is 132 Å². The Morgan fingerprint density at radius 2 is 1.23 bits per heavy atom. The monoisotopic (exact) mass is 541 g/mol. The highest BCUT2D eigenvalue weighted by atomic mass is 28.3. The van der Waals surface area contributed by atoms with E-state index in [9.17, 15) is 4.79 Å². The van der Waals surface area contributed by atoms with Crippen molar-refractivity contribution in [2.45, 2.75) is 97.0 Å². The Morgan fingerprint density at radius 1 is 0.744 bits per heavy atom. The summed E-state index contributed by atoms with van der Waals surface area (Å²) in [5.41, 5.74) is 5.13. The Kier molecular flexibility index (Phi) is 10.1. The molecule has 4 heteroatoms. The Balaban J connectivity index is 2.14. The number of carbonyl (C=O) groups excluding carboxylic acids is 1. The summed E-state index contributed by atoms with van der Waals surface area (Å²) in [4.78, 5) is 18.8. The van der Waals surface area contributed by atoms with Crippen molar-refractivity contribution in [2.75, 3.05) is 0 Å². The van der Waals surface area contributed by atoms with Gasteiger partial charge in [0.1, 0.15) is 5.60 Å². The van der Waals surface area contributed by atoms with Crippen LogP contribution in [0.1, 0.15) is 79.0 Å². The Hall–Kier alpha value is -2.98. The van der Waals surface area contributed by atoms with Gasteiger partial charge in [0.05, 0.1) is 13.8 Å². The number of hydrogen-bond donors (Lipinski definition) is 0. The van der Waals surface area contributed by atoms with Crippen molar-refractivity contribution in [2.24, 2.45) is 4.99 Å². The van der Waals surface area contributed by atoms with Crippen molar-refractivity contribution in [1.29, 1.82) is 0 Å². The van der Waals surface area contributed by atoms with Crippen molar-refractivity contribution in [3.05, 3.63) is 102 Å². The average molecular weight is 542 g/mol. The zero-order valence-corrected chi connectivity index (χ0v) is 26.4. The summed E-state index contributed by atoms with van der Waals surface area (Å²) in [6, 6.07) is 28.6. The topological polar surface area (TPSA) is 38.7 Å². The quantitative estimate of drug-likeness (QED) is 0.147. The highest BCUT2D eigenvalue weighted by Gasteiger charge is 2.44. The lowest BCUT2D eigenvalue weighted by molar-refractivity contribution is -0.156. The second-order valence-corrected chi connectivity index (χ2v) is 18.5. The summed E-state index contributed by atoms with van der Waals surface area (Å²) in [7, 11) is -1.84. The number of ether oxygens (including phenoxy) is 1. The maximum atomic E-state index is 13.6. The number of aliphatic imine (C=N–C) groups is 1. The first-order valence-electron chi connectivity index (χ1n) is 14.4. The number of esters is 1. The molecule has 0 saturated carbocycles. The molecule has 0 aliphatic rings. The van der Waals surface area contributed by atoms with Gasteiger partial charge in [-0.3, -0.25) is 4.99 Å². The van der Waals surface area contributed by atoms with Crippen molar-refractivity contribution >= 4 is 24.9 Å². The van der Waals surface area contributed by atoms with E-state index in [-0.39, 0.29) is 5.97 Å². The van der Waals surface area contributed by atoms with E-state index in [1.165, 1.54) is 5.19 Å². The van der Waals surface area contributed by atoms with Gasteiger partial charge in [-0.15, -0.1) is 0 Å². The SMILES string of the molecule is CC(C)[Si](c1cccc(CC(N=C(c2ccccc2)c2ccccc2)C(=O)OC(C)(C)C)c1)(C(C)C)C(C)C. The fourth-order valence-corrected chi connectivity index (χ4v) is 13.2. The molecule has 0 aliphatic carbocycles. The summed E-state index contributed by atoms with van der Waals surface area (Å²) < 4.78 is 5.92. The second-order valence-electron chi connectivity index (χ2n) is 12.6. The summed E-state index contributed by atoms with van der Waals surface area (Å²) in [6.07, 6.45) is 0.491. The summed E-state index contributed by atoms with van der Waals surface area (Å²) in [5.74, 6) is -0.294. The molecule has 0 bridgehead atoms. The molecule has 3 aromatic rings. The molecule has 0 aliphatic heterocycles. The van der Waals surface area contributed by atoms with Crippen molar-refractivity contribution in [1.82, 2.24) is 0 Å². The van der Waals surface area contributed by atoms with Crippen LogP contribution in [0.5, 0.6) is 0 Å². The van der Waals surface area contributed by atoms with Gasteiger partial charge >= 0.3 is 5.97 Å². The number of hydrogen-bond acceptors (Lipinski definition) is 3. The molecular weight excluding hydrogens is 494 g/mol. The molecular formula is C35H47NO2Si. The molecule has 0 amide bonds. The van der Waals surface area contributed by atoms with Crippen LogP contribution in [-0.2, 0) is 16.0 Å². The third-order valence-electron chi connectivity index (χ3n) is 7.78. The van der Waals surface area contributed by atoms with Crippen LogP contribution in [0.25, 0.3) is 0 Å². The Bertz CT molecular complexity index is 1180. The minimum absolute atomic E-state index is 0.294. The molecule has 3 aromatic carbocycles. The first-order chi connectivity index (χ1) is 18.4. The predicted octanol–water partition coefficient (Wildman–Crippen LogP) is 8.36. The van der Waals surface area contributed by atoms with Crippen LogP contribution in [-0.4, -0.2) is 31.4 Å². The van der Waals surface area contributed by atoms with E-state index < -0.39 is 19.7 Å². The van der Waals surface area contributed by atoms with Crippen LogP contribution >= 0.6 is 0 Å². The van der Waals surface area contributed by atoms with Crippen LogP contribution < -0.4 is 5.19 Å². The number of rotatable bonds is 10. The van der Waals surface area contributed by atoms with Crippen LogP contribution in [0, 0.1) is 0 Å². The lowest BCUT2D eigenvalue weighted by atomic mass is 10.0. The van der Waals surface area contributed by atoms with E-state index in [1.54, 1.807) is 0 Å². The molecule has 39 heavy (non-hydrogen) atoms. The van der Waals surface area contributed by atoms with Crippen LogP contribution in [0.3, 0.4) is 0 Å². The van der Waals surface area contributed by atoms with E-state index >= 15 is 0 Å². The fraction of sp³-hybridized carbons (Fsp3) is 0.429. The first kappa shape index (κ1) is 30.6. The van der Waals surface area contributed by atoms with Crippen molar-refractivity contribution < 1.29 is 9.53 Å². The largest absolute Gasteiger partial charge is 0.458 e. The van der Waals surface area contributed by atoms with Gasteiger partial charge < -0.3 is 4.74 Å². The lowest BCUT2D eigenvalue weighted by Gasteiger charge is -2.44. The molecule has 0 heterocycles. The third kappa shape index (κ3) is 7.36. The lowest BCUT2D eigenvalue weighted by Crippen LogP contribution is -2.55. The zero-order chi connectivity index (χ0) is 28.8. The van der Waals surface area contributed by atoms with Gasteiger partial charge in [0, 0.05) is 17.5 Å². The van der Waals surface area contributed by atoms with E-state index in [0.717, 1.165) is 22.4 Å². The first-order valence-corrected chi connectivity index (χ1v) is 16.6. The molecule has 208 valence electrons. The standard InChI is InChI=1S/C35H47NO2Si/c1-25(2)39(26(3)4,27(5)6)31-22-16-17-28(23-31)24-32(34(37)38-35(7,8)9)36-33(29-18-12-10-13-19-29)30-20-14-11-15-21-30/h10-23,25-27,32H,24H2,1-9H3. The molecule has 0 fully saturated rings. The predicted molar refractivity (Wildman–Crippen MR) is 169 cm³/mol. The van der Waals surface area contributed by atoms with Crippen molar-refractivity contribution in [3.63, 3.8) is 0 Å².